The van der Waals surface area contributed by atoms with Crippen LogP contribution in [0.4, 0.5) is 4.39 Å². The van der Waals surface area contributed by atoms with E-state index in [1.54, 1.807) is 36.4 Å². The predicted molar refractivity (Wildman–Crippen MR) is 116 cm³/mol. The van der Waals surface area contributed by atoms with E-state index in [2.05, 4.69) is 14.7 Å². The Bertz CT molecular complexity index is 1310. The molecule has 0 aliphatic carbocycles. The van der Waals surface area contributed by atoms with Gasteiger partial charge < -0.3 is 9.72 Å². The van der Waals surface area contributed by atoms with Crippen LogP contribution in [-0.4, -0.2) is 35.6 Å². The molecule has 1 aliphatic heterocycles. The van der Waals surface area contributed by atoms with Gasteiger partial charge in [0, 0.05) is 23.9 Å². The van der Waals surface area contributed by atoms with E-state index >= 15 is 0 Å². The number of allylic oxidation sites excluding steroid dienone is 1. The molecule has 0 spiro atoms. The van der Waals surface area contributed by atoms with E-state index in [0.29, 0.717) is 5.02 Å². The number of H-pyrrole nitrogens is 1. The largest absolute Gasteiger partial charge is 0.465 e. The molecule has 0 bridgehead atoms. The highest BCUT2D eigenvalue weighted by atomic mass is 35.5. The number of fused-ring (bicyclic) bond motifs is 1. The number of Topliss-reactive ketones (excluding diaryl/α,β-unsaturated/α-hetero) is 1. The third-order valence-electron chi connectivity index (χ3n) is 5.15. The van der Waals surface area contributed by atoms with Gasteiger partial charge in [-0.15, -0.1) is 0 Å². The van der Waals surface area contributed by atoms with Crippen molar-refractivity contribution in [1.29, 1.82) is 0 Å². The number of aromatic nitrogens is 1. The number of halogens is 2. The molecule has 2 heterocycles. The van der Waals surface area contributed by atoms with Gasteiger partial charge in [0.25, 0.3) is 0 Å². The lowest BCUT2D eigenvalue weighted by Gasteiger charge is -2.23. The van der Waals surface area contributed by atoms with Crippen LogP contribution in [0.15, 0.2) is 64.5 Å². The maximum absolute atomic E-state index is 14.4. The van der Waals surface area contributed by atoms with Crippen LogP contribution in [0.5, 0.6) is 0 Å². The fourth-order valence-corrected chi connectivity index (χ4v) is 3.70. The van der Waals surface area contributed by atoms with Gasteiger partial charge in [0.1, 0.15) is 11.4 Å². The Morgan fingerprint density at radius 1 is 1.23 bits per heavy atom. The zero-order valence-electron chi connectivity index (χ0n) is 16.3. The molecule has 6 nitrogen and oxygen atoms in total. The zero-order valence-corrected chi connectivity index (χ0v) is 17.1. The molecule has 0 radical (unpaired) electrons. The lowest BCUT2D eigenvalue weighted by atomic mass is 9.84. The van der Waals surface area contributed by atoms with E-state index in [1.807, 2.05) is 0 Å². The molecule has 1 aliphatic rings. The molecule has 1 N–H and O–H groups in total. The number of nitrogens with zero attached hydrogens (tertiary/aromatic N) is 1. The van der Waals surface area contributed by atoms with Crippen LogP contribution in [0.25, 0.3) is 10.9 Å². The number of pyridine rings is 1. The van der Waals surface area contributed by atoms with Gasteiger partial charge in [0.05, 0.1) is 29.1 Å². The van der Waals surface area contributed by atoms with Gasteiger partial charge in [-0.25, -0.2) is 9.18 Å². The number of methoxy groups -OCH3 is 1. The molecular formula is C23H16ClFN2O4. The minimum Gasteiger partial charge on any atom is -0.465 e. The van der Waals surface area contributed by atoms with Crippen molar-refractivity contribution < 1.29 is 18.7 Å². The first kappa shape index (κ1) is 20.7. The summed E-state index contributed by atoms with van der Waals surface area (Å²) in [4.78, 5) is 45.4. The Morgan fingerprint density at radius 3 is 2.61 bits per heavy atom. The van der Waals surface area contributed by atoms with Crippen molar-refractivity contribution in [3.05, 3.63) is 92.5 Å². The number of carbonyl (C=O) groups excluding carboxylic acids is 2. The molecule has 0 saturated heterocycles. The molecule has 2 aromatic carbocycles. The van der Waals surface area contributed by atoms with E-state index in [9.17, 15) is 18.8 Å². The SMILES string of the molecule is COC(=O)c1cc(F)c2[nH]cc(C(=O)C3(Cc4ccc(Cl)cc4)C=CC=N3)c(=O)c2c1. The molecule has 4 rings (SSSR count). The second-order valence-electron chi connectivity index (χ2n) is 7.10. The quantitative estimate of drug-likeness (QED) is 0.483. The van der Waals surface area contributed by atoms with E-state index in [1.165, 1.54) is 18.5 Å². The van der Waals surface area contributed by atoms with Gasteiger partial charge in [0.15, 0.2) is 11.2 Å². The van der Waals surface area contributed by atoms with Gasteiger partial charge in [0.2, 0.25) is 0 Å². The normalized spacial score (nSPS) is 17.3. The second-order valence-corrected chi connectivity index (χ2v) is 7.53. The molecule has 156 valence electrons. The average molecular weight is 439 g/mol. The van der Waals surface area contributed by atoms with Gasteiger partial charge in [-0.05, 0) is 42.0 Å². The van der Waals surface area contributed by atoms with Crippen LogP contribution in [0, 0.1) is 5.82 Å². The van der Waals surface area contributed by atoms with Crippen LogP contribution < -0.4 is 5.43 Å². The number of ketones is 1. The molecule has 0 amide bonds. The smallest absolute Gasteiger partial charge is 0.337 e. The predicted octanol–water partition coefficient (Wildman–Crippen LogP) is 3.91. The topological polar surface area (TPSA) is 88.6 Å². The number of ether oxygens (including phenoxy) is 1. The summed E-state index contributed by atoms with van der Waals surface area (Å²) < 4.78 is 19.1. The summed E-state index contributed by atoms with van der Waals surface area (Å²) in [5.41, 5.74) is -1.63. The lowest BCUT2D eigenvalue weighted by molar-refractivity contribution is 0.0600. The summed E-state index contributed by atoms with van der Waals surface area (Å²) in [5, 5.41) is 0.433. The molecule has 0 fully saturated rings. The lowest BCUT2D eigenvalue weighted by Crippen LogP contribution is -2.38. The molecule has 3 aromatic rings. The van der Waals surface area contributed by atoms with E-state index < -0.39 is 28.5 Å². The van der Waals surface area contributed by atoms with Gasteiger partial charge in [-0.2, -0.15) is 0 Å². The molecule has 8 heteroatoms. The maximum Gasteiger partial charge on any atom is 0.337 e. The van der Waals surface area contributed by atoms with Crippen molar-refractivity contribution in [3.8, 4) is 0 Å². The minimum atomic E-state index is -1.31. The Hall–Kier alpha value is -3.58. The van der Waals surface area contributed by atoms with E-state index in [0.717, 1.165) is 18.7 Å². The van der Waals surface area contributed by atoms with Crippen LogP contribution in [0.1, 0.15) is 26.3 Å². The number of aliphatic imine (C=N–C) groups is 1. The Kier molecular flexibility index (Phi) is 5.29. The summed E-state index contributed by atoms with van der Waals surface area (Å²) in [6.45, 7) is 0. The van der Waals surface area contributed by atoms with Crippen LogP contribution in [0.3, 0.4) is 0 Å². The fourth-order valence-electron chi connectivity index (χ4n) is 3.58. The van der Waals surface area contributed by atoms with Crippen LogP contribution in [0.2, 0.25) is 5.02 Å². The first-order valence-electron chi connectivity index (χ1n) is 9.30. The number of esters is 1. The molecule has 0 saturated carbocycles. The van der Waals surface area contributed by atoms with Gasteiger partial charge in [-0.1, -0.05) is 23.7 Å². The second kappa shape index (κ2) is 7.92. The number of rotatable bonds is 5. The fraction of sp³-hybridized carbons (Fsp3) is 0.130. The van der Waals surface area contributed by atoms with Gasteiger partial charge in [-0.3, -0.25) is 14.6 Å². The third-order valence-corrected chi connectivity index (χ3v) is 5.40. The Morgan fingerprint density at radius 2 is 1.97 bits per heavy atom. The van der Waals surface area contributed by atoms with E-state index in [4.69, 9.17) is 11.6 Å². The summed E-state index contributed by atoms with van der Waals surface area (Å²) >= 11 is 5.94. The number of hydrogen-bond acceptors (Lipinski definition) is 5. The molecule has 1 unspecified atom stereocenters. The standard InChI is InChI=1S/C23H16ClFN2O4/c1-31-22(30)14-9-16-19(18(25)10-14)26-12-17(20(16)28)21(29)23(7-2-8-27-23)11-13-3-5-15(24)6-4-13/h2-10,12H,11H2,1H3,(H,26,28). The third kappa shape index (κ3) is 3.68. The van der Waals surface area contributed by atoms with Crippen LogP contribution in [-0.2, 0) is 11.2 Å². The van der Waals surface area contributed by atoms with Crippen molar-refractivity contribution in [1.82, 2.24) is 4.98 Å². The summed E-state index contributed by atoms with van der Waals surface area (Å²) in [6.07, 6.45) is 6.15. The van der Waals surface area contributed by atoms with Crippen molar-refractivity contribution >= 4 is 40.5 Å². The molecule has 1 atom stereocenters. The first-order chi connectivity index (χ1) is 14.8. The summed E-state index contributed by atoms with van der Waals surface area (Å²) in [5.74, 6) is -2.14. The van der Waals surface area contributed by atoms with Crippen molar-refractivity contribution in [2.24, 2.45) is 4.99 Å². The van der Waals surface area contributed by atoms with Crippen molar-refractivity contribution in [2.75, 3.05) is 7.11 Å². The number of carbonyl (C=O) groups is 2. The number of aromatic amines is 1. The monoisotopic (exact) mass is 438 g/mol. The molecule has 1 aromatic heterocycles. The highest BCUT2D eigenvalue weighted by molar-refractivity contribution is 6.30. The summed E-state index contributed by atoms with van der Waals surface area (Å²) in [6, 6.07) is 9.15. The number of hydrogen-bond donors (Lipinski definition) is 1. The molecular weight excluding hydrogens is 423 g/mol. The Balaban J connectivity index is 1.82. The van der Waals surface area contributed by atoms with Crippen LogP contribution >= 0.6 is 11.6 Å². The Labute approximate surface area is 181 Å². The molecule has 31 heavy (non-hydrogen) atoms. The highest BCUT2D eigenvalue weighted by Gasteiger charge is 2.39. The highest BCUT2D eigenvalue weighted by Crippen LogP contribution is 2.28. The average Bonchev–Trinajstić information content (AvgIpc) is 3.24. The van der Waals surface area contributed by atoms with Gasteiger partial charge >= 0.3 is 5.97 Å². The number of nitrogens with one attached hydrogen (secondary N) is 1. The van der Waals surface area contributed by atoms with E-state index in [-0.39, 0.29) is 28.5 Å². The first-order valence-corrected chi connectivity index (χ1v) is 9.68. The minimum absolute atomic E-state index is 0.105. The number of benzene rings is 2. The van der Waals surface area contributed by atoms with Crippen molar-refractivity contribution in [3.63, 3.8) is 0 Å². The zero-order chi connectivity index (χ0) is 22.2. The van der Waals surface area contributed by atoms with Crippen molar-refractivity contribution in [2.45, 2.75) is 12.0 Å². The summed E-state index contributed by atoms with van der Waals surface area (Å²) in [7, 11) is 1.15. The maximum atomic E-state index is 14.4.